The highest BCUT2D eigenvalue weighted by atomic mass is 35.5. The van der Waals surface area contributed by atoms with Gasteiger partial charge in [0, 0.05) is 37.4 Å². The Morgan fingerprint density at radius 3 is 2.40 bits per heavy atom. The molecule has 0 fully saturated rings. The Hall–Kier alpha value is -3.46. The quantitative estimate of drug-likeness (QED) is 0.199. The van der Waals surface area contributed by atoms with Crippen molar-refractivity contribution in [2.24, 2.45) is 11.3 Å². The van der Waals surface area contributed by atoms with Crippen LogP contribution in [0.25, 0.3) is 22.4 Å². The monoisotopic (exact) mass is 609 g/mol. The van der Waals surface area contributed by atoms with Gasteiger partial charge in [-0.1, -0.05) is 62.7 Å². The van der Waals surface area contributed by atoms with Crippen LogP contribution >= 0.6 is 11.6 Å². The Morgan fingerprint density at radius 2 is 1.77 bits per heavy atom. The summed E-state index contributed by atoms with van der Waals surface area (Å²) in [6.45, 7) is 9.42. The first-order valence-corrected chi connectivity index (χ1v) is 14.9. The summed E-state index contributed by atoms with van der Waals surface area (Å²) >= 11 is 6.50. The summed E-state index contributed by atoms with van der Waals surface area (Å²) in [4.78, 5) is 32.9. The van der Waals surface area contributed by atoms with Gasteiger partial charge < -0.3 is 24.8 Å². The van der Waals surface area contributed by atoms with E-state index in [2.05, 4.69) is 10.2 Å². The fourth-order valence-corrected chi connectivity index (χ4v) is 5.21. The molecule has 1 unspecified atom stereocenters. The molecule has 0 radical (unpaired) electrons. The maximum Gasteiger partial charge on any atom is 0.308 e. The predicted molar refractivity (Wildman–Crippen MR) is 172 cm³/mol. The molecule has 0 saturated heterocycles. The van der Waals surface area contributed by atoms with Crippen LogP contribution in [0.3, 0.4) is 0 Å². The Morgan fingerprint density at radius 1 is 1.05 bits per heavy atom. The lowest BCUT2D eigenvalue weighted by Gasteiger charge is -2.35. The number of amides is 1. The first-order valence-electron chi connectivity index (χ1n) is 14.5. The number of carboxylic acid groups (broad SMARTS) is 1. The third-order valence-electron chi connectivity index (χ3n) is 7.35. The van der Waals surface area contributed by atoms with Crippen LogP contribution in [0.1, 0.15) is 49.7 Å². The fourth-order valence-electron chi connectivity index (χ4n) is 5.04. The van der Waals surface area contributed by atoms with E-state index in [1.807, 2.05) is 84.3 Å². The van der Waals surface area contributed by atoms with E-state index in [0.29, 0.717) is 23.1 Å². The number of carboxylic acids is 1. The smallest absolute Gasteiger partial charge is 0.308 e. The van der Waals surface area contributed by atoms with Crippen molar-refractivity contribution in [2.45, 2.75) is 46.6 Å². The lowest BCUT2D eigenvalue weighted by atomic mass is 9.77. The highest BCUT2D eigenvalue weighted by molar-refractivity contribution is 6.32. The second kappa shape index (κ2) is 15.3. The van der Waals surface area contributed by atoms with E-state index >= 15 is 0 Å². The van der Waals surface area contributed by atoms with Gasteiger partial charge in [-0.2, -0.15) is 0 Å². The van der Waals surface area contributed by atoms with Crippen LogP contribution in [0.2, 0.25) is 5.02 Å². The number of aromatic nitrogens is 1. The minimum atomic E-state index is -0.986. The van der Waals surface area contributed by atoms with Crippen LogP contribution in [0, 0.1) is 18.3 Å². The van der Waals surface area contributed by atoms with Crippen molar-refractivity contribution in [3.63, 3.8) is 0 Å². The zero-order valence-corrected chi connectivity index (χ0v) is 27.0. The SMILES string of the molecule is COCCC(C(=O)O)[C@H](NC(=O)c1ccc(-c2ccccc2C)c(-c2ccc(Cl)c(OCCCN(C)C)c2)n1)C(C)(C)C. The van der Waals surface area contributed by atoms with E-state index in [-0.39, 0.29) is 18.7 Å². The van der Waals surface area contributed by atoms with Gasteiger partial charge in [-0.3, -0.25) is 9.59 Å². The van der Waals surface area contributed by atoms with Crippen molar-refractivity contribution in [1.82, 2.24) is 15.2 Å². The summed E-state index contributed by atoms with van der Waals surface area (Å²) < 4.78 is 11.2. The van der Waals surface area contributed by atoms with Crippen molar-refractivity contribution < 1.29 is 24.2 Å². The second-order valence-corrected chi connectivity index (χ2v) is 12.5. The number of aliphatic carboxylic acids is 1. The lowest BCUT2D eigenvalue weighted by Crippen LogP contribution is -2.51. The molecule has 2 aromatic carbocycles. The summed E-state index contributed by atoms with van der Waals surface area (Å²) in [5.74, 6) is -1.73. The van der Waals surface area contributed by atoms with E-state index in [1.165, 1.54) is 7.11 Å². The molecule has 1 aromatic heterocycles. The molecule has 232 valence electrons. The molecule has 0 aliphatic carbocycles. The predicted octanol–water partition coefficient (Wildman–Crippen LogP) is 6.59. The number of pyridine rings is 1. The average Bonchev–Trinajstić information content (AvgIpc) is 2.95. The van der Waals surface area contributed by atoms with Crippen LogP contribution in [0.5, 0.6) is 5.75 Å². The highest BCUT2D eigenvalue weighted by Gasteiger charge is 2.38. The minimum absolute atomic E-state index is 0.181. The largest absolute Gasteiger partial charge is 0.492 e. The molecule has 0 bridgehead atoms. The van der Waals surface area contributed by atoms with E-state index in [4.69, 9.17) is 26.1 Å². The first kappa shape index (κ1) is 34.0. The summed E-state index contributed by atoms with van der Waals surface area (Å²) in [6.07, 6.45) is 1.10. The molecular formula is C34H44ClN3O5. The van der Waals surface area contributed by atoms with Gasteiger partial charge in [-0.25, -0.2) is 4.98 Å². The topological polar surface area (TPSA) is 101 Å². The van der Waals surface area contributed by atoms with Crippen molar-refractivity contribution in [1.29, 1.82) is 0 Å². The number of methoxy groups -OCH3 is 1. The zero-order chi connectivity index (χ0) is 31.7. The van der Waals surface area contributed by atoms with Gasteiger partial charge in [0.15, 0.2) is 0 Å². The van der Waals surface area contributed by atoms with Gasteiger partial charge >= 0.3 is 5.97 Å². The van der Waals surface area contributed by atoms with Gasteiger partial charge in [-0.05, 0) is 74.7 Å². The Balaban J connectivity index is 2.06. The molecule has 3 aromatic rings. The van der Waals surface area contributed by atoms with Gasteiger partial charge in [0.25, 0.3) is 5.91 Å². The van der Waals surface area contributed by atoms with Crippen molar-refractivity contribution >= 4 is 23.5 Å². The van der Waals surface area contributed by atoms with Gasteiger partial charge in [-0.15, -0.1) is 0 Å². The van der Waals surface area contributed by atoms with Crippen LogP contribution < -0.4 is 10.1 Å². The molecule has 8 nitrogen and oxygen atoms in total. The van der Waals surface area contributed by atoms with Crippen molar-refractivity contribution in [3.8, 4) is 28.1 Å². The molecule has 9 heteroatoms. The number of benzene rings is 2. The third-order valence-corrected chi connectivity index (χ3v) is 7.66. The lowest BCUT2D eigenvalue weighted by molar-refractivity contribution is -0.144. The van der Waals surface area contributed by atoms with Crippen LogP contribution in [-0.4, -0.2) is 73.9 Å². The zero-order valence-electron chi connectivity index (χ0n) is 26.2. The Kier molecular flexibility index (Phi) is 12.1. The van der Waals surface area contributed by atoms with E-state index in [0.717, 1.165) is 35.2 Å². The molecular weight excluding hydrogens is 566 g/mol. The highest BCUT2D eigenvalue weighted by Crippen LogP contribution is 2.37. The number of hydrogen-bond acceptors (Lipinski definition) is 6. The molecule has 3 rings (SSSR count). The van der Waals surface area contributed by atoms with Crippen LogP contribution in [0.15, 0.2) is 54.6 Å². The number of carbonyl (C=O) groups excluding carboxylic acids is 1. The molecule has 0 saturated carbocycles. The summed E-state index contributed by atoms with van der Waals surface area (Å²) in [5.41, 5.74) is 3.89. The van der Waals surface area contributed by atoms with Gasteiger partial charge in [0.2, 0.25) is 0 Å². The number of nitrogens with zero attached hydrogens (tertiary/aromatic N) is 2. The van der Waals surface area contributed by atoms with Crippen LogP contribution in [-0.2, 0) is 9.53 Å². The maximum atomic E-state index is 13.7. The number of rotatable bonds is 14. The molecule has 1 amide bonds. The summed E-state index contributed by atoms with van der Waals surface area (Å²) in [5, 5.41) is 13.5. The first-order chi connectivity index (χ1) is 20.3. The molecule has 1 heterocycles. The molecule has 2 atom stereocenters. The minimum Gasteiger partial charge on any atom is -0.492 e. The van der Waals surface area contributed by atoms with Gasteiger partial charge in [0.05, 0.1) is 23.2 Å². The van der Waals surface area contributed by atoms with Crippen LogP contribution in [0.4, 0.5) is 0 Å². The third kappa shape index (κ3) is 9.26. The number of hydrogen-bond donors (Lipinski definition) is 2. The number of ether oxygens (including phenoxy) is 2. The molecule has 0 spiro atoms. The molecule has 0 aliphatic rings. The van der Waals surface area contributed by atoms with Gasteiger partial charge in [0.1, 0.15) is 11.4 Å². The van der Waals surface area contributed by atoms with Crippen molar-refractivity contribution in [2.75, 3.05) is 41.0 Å². The Bertz CT molecular complexity index is 1400. The average molecular weight is 610 g/mol. The molecule has 0 aliphatic heterocycles. The molecule has 43 heavy (non-hydrogen) atoms. The fraction of sp³-hybridized carbons (Fsp3) is 0.441. The van der Waals surface area contributed by atoms with E-state index in [1.54, 1.807) is 12.1 Å². The normalized spacial score (nSPS) is 13.0. The Labute approximate surface area is 260 Å². The van der Waals surface area contributed by atoms with E-state index < -0.39 is 29.3 Å². The number of halogens is 1. The van der Waals surface area contributed by atoms with E-state index in [9.17, 15) is 14.7 Å². The summed E-state index contributed by atoms with van der Waals surface area (Å²) in [7, 11) is 5.56. The van der Waals surface area contributed by atoms with Crippen molar-refractivity contribution in [3.05, 3.63) is 70.9 Å². The standard InChI is InChI=1S/C34H44ClN3O5/c1-22-11-8-9-12-24(22)25-14-16-28(32(39)37-31(34(2,3)4)26(33(40)41)17-20-42-7)36-30(25)23-13-15-27(35)29(21-23)43-19-10-18-38(5)6/h8-9,11-16,21,26,31H,10,17-20H2,1-7H3,(H,37,39)(H,40,41)/t26?,31-/m0/s1. The molecule has 2 N–H and O–H groups in total. The second-order valence-electron chi connectivity index (χ2n) is 12.1. The number of aryl methyl sites for hydroxylation is 1. The summed E-state index contributed by atoms with van der Waals surface area (Å²) in [6, 6.07) is 16.4. The maximum absolute atomic E-state index is 13.7. The number of nitrogens with one attached hydrogen (secondary N) is 1. The number of carbonyl (C=O) groups is 2.